The number of hydrogen-bond acceptors (Lipinski definition) is 6. The maximum absolute atomic E-state index is 12.8. The Morgan fingerprint density at radius 1 is 1.19 bits per heavy atom. The fourth-order valence-corrected chi connectivity index (χ4v) is 4.32. The molecule has 7 nitrogen and oxygen atoms in total. The first-order chi connectivity index (χ1) is 14.7. The first kappa shape index (κ1) is 21.6. The van der Waals surface area contributed by atoms with Crippen LogP contribution in [0.1, 0.15) is 44.7 Å². The number of aliphatic hydroxyl groups is 1. The summed E-state index contributed by atoms with van der Waals surface area (Å²) in [7, 11) is 0. The van der Waals surface area contributed by atoms with E-state index >= 15 is 0 Å². The van der Waals surface area contributed by atoms with Crippen molar-refractivity contribution in [1.29, 1.82) is 0 Å². The number of aromatic nitrogens is 1. The molecule has 0 spiro atoms. The molecule has 2 atom stereocenters. The van der Waals surface area contributed by atoms with E-state index in [-0.39, 0.29) is 18.2 Å². The fraction of sp³-hybridized carbons (Fsp3) is 0.500. The second kappa shape index (κ2) is 8.48. The van der Waals surface area contributed by atoms with Gasteiger partial charge < -0.3 is 19.3 Å². The van der Waals surface area contributed by atoms with E-state index in [4.69, 9.17) is 14.2 Å². The number of carbonyl (C=O) groups is 1. The lowest BCUT2D eigenvalue weighted by molar-refractivity contribution is -0.141. The van der Waals surface area contributed by atoms with Gasteiger partial charge in [-0.15, -0.1) is 0 Å². The first-order valence-electron chi connectivity index (χ1n) is 10.7. The van der Waals surface area contributed by atoms with Crippen molar-refractivity contribution in [2.75, 3.05) is 13.2 Å². The minimum absolute atomic E-state index is 0.263. The van der Waals surface area contributed by atoms with Gasteiger partial charge in [-0.3, -0.25) is 9.88 Å². The summed E-state index contributed by atoms with van der Waals surface area (Å²) in [5.74, 6) is 0.603. The smallest absolute Gasteiger partial charge is 0.410 e. The number of pyridine rings is 1. The minimum Gasteiger partial charge on any atom is -0.487 e. The molecule has 31 heavy (non-hydrogen) atoms. The summed E-state index contributed by atoms with van der Waals surface area (Å²) in [5.41, 5.74) is 0.0631. The molecule has 1 aromatic heterocycles. The van der Waals surface area contributed by atoms with Crippen molar-refractivity contribution in [3.63, 3.8) is 0 Å². The molecule has 2 unspecified atom stereocenters. The average Bonchev–Trinajstić information content (AvgIpc) is 2.71. The summed E-state index contributed by atoms with van der Waals surface area (Å²) in [5, 5.41) is 11.6. The lowest BCUT2D eigenvalue weighted by atomic mass is 9.77. The van der Waals surface area contributed by atoms with Crippen LogP contribution in [0.4, 0.5) is 4.79 Å². The summed E-state index contributed by atoms with van der Waals surface area (Å²) < 4.78 is 17.2. The average molecular weight is 427 g/mol. The van der Waals surface area contributed by atoms with Crippen molar-refractivity contribution in [2.45, 2.75) is 63.5 Å². The molecule has 2 aliphatic rings. The summed E-state index contributed by atoms with van der Waals surface area (Å²) >= 11 is 0. The van der Waals surface area contributed by atoms with Crippen LogP contribution in [-0.4, -0.2) is 52.0 Å². The van der Waals surface area contributed by atoms with Gasteiger partial charge in [-0.25, -0.2) is 4.79 Å². The van der Waals surface area contributed by atoms with Crippen LogP contribution in [0, 0.1) is 0 Å². The molecule has 2 bridgehead atoms. The van der Waals surface area contributed by atoms with Crippen molar-refractivity contribution in [1.82, 2.24) is 9.88 Å². The van der Waals surface area contributed by atoms with Gasteiger partial charge in [0.05, 0.1) is 37.1 Å². The van der Waals surface area contributed by atoms with E-state index in [1.54, 1.807) is 17.3 Å². The molecule has 1 aromatic carbocycles. The van der Waals surface area contributed by atoms with Crippen LogP contribution in [0.2, 0.25) is 0 Å². The summed E-state index contributed by atoms with van der Waals surface area (Å²) in [6.07, 6.45) is 3.68. The van der Waals surface area contributed by atoms with E-state index in [1.165, 1.54) is 0 Å². The molecule has 7 heteroatoms. The Morgan fingerprint density at radius 3 is 2.52 bits per heavy atom. The molecular weight excluding hydrogens is 396 g/mol. The molecule has 3 heterocycles. The van der Waals surface area contributed by atoms with Crippen LogP contribution in [0.5, 0.6) is 5.75 Å². The standard InChI is InChI=1S/C24H30N2O5/c1-23(2,3)31-22(27)26-19-10-24(28,11-20(26)16-29-15-19)18-9-21(13-25-12-18)30-14-17-7-5-4-6-8-17/h4-9,12-13,19-20,28H,10-11,14-16H2,1-3H3. The number of ether oxygens (including phenoxy) is 3. The van der Waals surface area contributed by atoms with Crippen molar-refractivity contribution in [2.24, 2.45) is 0 Å². The second-order valence-corrected chi connectivity index (χ2v) is 9.36. The number of nitrogens with zero attached hydrogens (tertiary/aromatic N) is 2. The molecule has 2 saturated heterocycles. The van der Waals surface area contributed by atoms with Gasteiger partial charge in [-0.05, 0) is 32.4 Å². The van der Waals surface area contributed by atoms with E-state index < -0.39 is 11.2 Å². The van der Waals surface area contributed by atoms with Crippen LogP contribution in [0.25, 0.3) is 0 Å². The zero-order valence-electron chi connectivity index (χ0n) is 18.3. The predicted molar refractivity (Wildman–Crippen MR) is 115 cm³/mol. The molecule has 0 radical (unpaired) electrons. The van der Waals surface area contributed by atoms with Gasteiger partial charge in [0.2, 0.25) is 0 Å². The van der Waals surface area contributed by atoms with Crippen LogP contribution in [0.3, 0.4) is 0 Å². The summed E-state index contributed by atoms with van der Waals surface area (Å²) in [6, 6.07) is 11.2. The maximum Gasteiger partial charge on any atom is 0.410 e. The first-order valence-corrected chi connectivity index (χ1v) is 10.7. The zero-order valence-corrected chi connectivity index (χ0v) is 18.3. The predicted octanol–water partition coefficient (Wildman–Crippen LogP) is 3.65. The third-order valence-corrected chi connectivity index (χ3v) is 5.66. The highest BCUT2D eigenvalue weighted by Crippen LogP contribution is 2.42. The van der Waals surface area contributed by atoms with E-state index in [1.807, 2.05) is 57.2 Å². The molecule has 0 saturated carbocycles. The SMILES string of the molecule is CC(C)(C)OC(=O)N1C2COCC1CC(O)(c1cncc(OCc3ccccc3)c1)C2. The Kier molecular flexibility index (Phi) is 5.90. The number of carbonyl (C=O) groups excluding carboxylic acids is 1. The Labute approximate surface area is 182 Å². The van der Waals surface area contributed by atoms with E-state index in [2.05, 4.69) is 4.98 Å². The minimum atomic E-state index is -1.11. The van der Waals surface area contributed by atoms with Crippen molar-refractivity contribution in [3.05, 3.63) is 59.9 Å². The topological polar surface area (TPSA) is 81.1 Å². The van der Waals surface area contributed by atoms with E-state index in [9.17, 15) is 9.90 Å². The second-order valence-electron chi connectivity index (χ2n) is 9.36. The van der Waals surface area contributed by atoms with Gasteiger partial charge in [0.1, 0.15) is 18.0 Å². The molecule has 1 N–H and O–H groups in total. The van der Waals surface area contributed by atoms with E-state index in [0.717, 1.165) is 5.56 Å². The lowest BCUT2D eigenvalue weighted by Gasteiger charge is -2.51. The highest BCUT2D eigenvalue weighted by atomic mass is 16.6. The van der Waals surface area contributed by atoms with Crippen LogP contribution >= 0.6 is 0 Å². The molecule has 4 rings (SSSR count). The third kappa shape index (κ3) is 4.99. The molecule has 2 aliphatic heterocycles. The van der Waals surface area contributed by atoms with E-state index in [0.29, 0.717) is 44.0 Å². The summed E-state index contributed by atoms with van der Waals surface area (Å²) in [4.78, 5) is 18.8. The molecule has 2 aromatic rings. The molecule has 2 fully saturated rings. The van der Waals surface area contributed by atoms with Gasteiger partial charge in [-0.2, -0.15) is 0 Å². The van der Waals surface area contributed by atoms with Crippen LogP contribution < -0.4 is 4.74 Å². The van der Waals surface area contributed by atoms with Crippen molar-refractivity contribution >= 4 is 6.09 Å². The van der Waals surface area contributed by atoms with Crippen LogP contribution in [0.15, 0.2) is 48.8 Å². The number of fused-ring (bicyclic) bond motifs is 2. The van der Waals surface area contributed by atoms with Crippen LogP contribution in [-0.2, 0) is 21.7 Å². The Bertz CT molecular complexity index is 898. The normalized spacial score (nSPS) is 25.7. The highest BCUT2D eigenvalue weighted by Gasteiger charge is 2.50. The number of hydrogen-bond donors (Lipinski definition) is 1. The largest absolute Gasteiger partial charge is 0.487 e. The number of amides is 1. The molecular formula is C24H30N2O5. The molecule has 1 amide bonds. The van der Waals surface area contributed by atoms with Gasteiger partial charge in [0.15, 0.2) is 0 Å². The van der Waals surface area contributed by atoms with Crippen molar-refractivity contribution < 1.29 is 24.1 Å². The van der Waals surface area contributed by atoms with Crippen molar-refractivity contribution in [3.8, 4) is 5.75 Å². The highest BCUT2D eigenvalue weighted by molar-refractivity contribution is 5.69. The van der Waals surface area contributed by atoms with Gasteiger partial charge in [-0.1, -0.05) is 30.3 Å². The Balaban J connectivity index is 1.49. The summed E-state index contributed by atoms with van der Waals surface area (Å²) in [6.45, 7) is 6.72. The molecule has 166 valence electrons. The van der Waals surface area contributed by atoms with Gasteiger partial charge >= 0.3 is 6.09 Å². The maximum atomic E-state index is 12.8. The fourth-order valence-electron chi connectivity index (χ4n) is 4.32. The monoisotopic (exact) mass is 426 g/mol. The molecule has 0 aliphatic carbocycles. The van der Waals surface area contributed by atoms with Gasteiger partial charge in [0, 0.05) is 24.6 Å². The number of morpholine rings is 1. The number of piperidine rings is 1. The quantitative estimate of drug-likeness (QED) is 0.804. The van der Waals surface area contributed by atoms with Gasteiger partial charge in [0.25, 0.3) is 0 Å². The Morgan fingerprint density at radius 2 is 1.87 bits per heavy atom. The lowest BCUT2D eigenvalue weighted by Crippen LogP contribution is -2.63. The number of benzene rings is 1. The zero-order chi connectivity index (χ0) is 22.1. The Hall–Kier alpha value is -2.64. The number of rotatable bonds is 4. The third-order valence-electron chi connectivity index (χ3n) is 5.66.